The van der Waals surface area contributed by atoms with Crippen LogP contribution < -0.4 is 5.32 Å². The van der Waals surface area contributed by atoms with E-state index in [1.165, 1.54) is 5.56 Å². The van der Waals surface area contributed by atoms with Crippen LogP contribution in [0, 0.1) is 18.6 Å². The van der Waals surface area contributed by atoms with E-state index in [9.17, 15) is 4.79 Å². The van der Waals surface area contributed by atoms with Crippen LogP contribution >= 0.6 is 12.2 Å². The van der Waals surface area contributed by atoms with Gasteiger partial charge in [0.1, 0.15) is 0 Å². The van der Waals surface area contributed by atoms with E-state index in [1.54, 1.807) is 9.36 Å². The molecule has 1 amide bonds. The second-order valence-corrected chi connectivity index (χ2v) is 7.78. The van der Waals surface area contributed by atoms with Crippen molar-refractivity contribution in [2.75, 3.05) is 13.6 Å². The molecule has 0 aliphatic carbocycles. The minimum absolute atomic E-state index is 0.0386. The van der Waals surface area contributed by atoms with Gasteiger partial charge in [0.2, 0.25) is 10.7 Å². The summed E-state index contributed by atoms with van der Waals surface area (Å²) < 4.78 is 3.75. The van der Waals surface area contributed by atoms with Gasteiger partial charge in [-0.25, -0.2) is 4.68 Å². The molecular weight excluding hydrogens is 336 g/mol. The van der Waals surface area contributed by atoms with Crippen LogP contribution in [0.4, 0.5) is 0 Å². The summed E-state index contributed by atoms with van der Waals surface area (Å²) in [6.07, 6.45) is 0. The lowest BCUT2D eigenvalue weighted by Crippen LogP contribution is -2.45. The minimum atomic E-state index is -0.250. The molecule has 25 heavy (non-hydrogen) atoms. The number of hydrogen-bond acceptors (Lipinski definition) is 5. The largest absolute Gasteiger partial charge is 0.350 e. The Labute approximate surface area is 153 Å². The molecule has 2 aromatic rings. The zero-order valence-corrected chi connectivity index (χ0v) is 16.5. The van der Waals surface area contributed by atoms with Gasteiger partial charge in [0.15, 0.2) is 0 Å². The number of rotatable bonds is 5. The molecule has 136 valence electrons. The van der Waals surface area contributed by atoms with Gasteiger partial charge in [-0.15, -0.1) is 0 Å². The van der Waals surface area contributed by atoms with E-state index in [1.807, 2.05) is 58.7 Å². The Bertz CT molecular complexity index is 817. The van der Waals surface area contributed by atoms with Gasteiger partial charge >= 0.3 is 0 Å². The number of amides is 1. The summed E-state index contributed by atoms with van der Waals surface area (Å²) in [5.74, 6) is -0.0386. The maximum absolute atomic E-state index is 12.0. The normalized spacial score (nSPS) is 11.8. The number of carbonyl (C=O) groups is 1. The first kappa shape index (κ1) is 19.3. The molecule has 0 aliphatic heterocycles. The molecule has 2 rings (SSSR count). The molecule has 0 aliphatic rings. The molecule has 0 unspecified atom stereocenters. The van der Waals surface area contributed by atoms with Crippen molar-refractivity contribution in [1.29, 1.82) is 0 Å². The number of aryl methyl sites for hydroxylation is 2. The Morgan fingerprint density at radius 2 is 1.96 bits per heavy atom. The van der Waals surface area contributed by atoms with E-state index in [0.29, 0.717) is 11.4 Å². The first-order chi connectivity index (χ1) is 11.6. The van der Waals surface area contributed by atoms with Gasteiger partial charge in [-0.2, -0.15) is 4.68 Å². The molecule has 0 spiro atoms. The average molecular weight is 363 g/mol. The van der Waals surface area contributed by atoms with Crippen LogP contribution in [0.2, 0.25) is 0 Å². The van der Waals surface area contributed by atoms with Crippen molar-refractivity contribution in [3.8, 4) is 5.69 Å². The van der Waals surface area contributed by atoms with Crippen LogP contribution in [0.25, 0.3) is 5.69 Å². The highest BCUT2D eigenvalue weighted by Crippen LogP contribution is 2.15. The number of hydrogen-bond donors (Lipinski definition) is 1. The fourth-order valence-corrected chi connectivity index (χ4v) is 2.77. The second-order valence-electron chi connectivity index (χ2n) is 7.42. The van der Waals surface area contributed by atoms with E-state index in [4.69, 9.17) is 12.2 Å². The maximum atomic E-state index is 12.0. The average Bonchev–Trinajstić information content (AvgIpc) is 2.78. The van der Waals surface area contributed by atoms with Crippen LogP contribution in [0.3, 0.4) is 0 Å². The number of nitrogens with zero attached hydrogens (tertiary/aromatic N) is 5. The maximum Gasteiger partial charge on any atom is 0.234 e. The Kier molecular flexibility index (Phi) is 5.74. The molecule has 0 fully saturated rings. The van der Waals surface area contributed by atoms with E-state index in [-0.39, 0.29) is 18.0 Å². The highest BCUT2D eigenvalue weighted by Gasteiger charge is 2.16. The van der Waals surface area contributed by atoms with Crippen molar-refractivity contribution >= 4 is 18.1 Å². The Morgan fingerprint density at radius 1 is 1.28 bits per heavy atom. The molecule has 0 saturated carbocycles. The smallest absolute Gasteiger partial charge is 0.234 e. The lowest BCUT2D eigenvalue weighted by atomic mass is 10.1. The lowest BCUT2D eigenvalue weighted by molar-refractivity contribution is -0.123. The monoisotopic (exact) mass is 362 g/mol. The third kappa shape index (κ3) is 5.20. The predicted molar refractivity (Wildman–Crippen MR) is 100 cm³/mol. The van der Waals surface area contributed by atoms with Gasteiger partial charge in [-0.05, 0) is 75.9 Å². The van der Waals surface area contributed by atoms with Crippen LogP contribution in [0.15, 0.2) is 18.2 Å². The van der Waals surface area contributed by atoms with E-state index < -0.39 is 0 Å². The van der Waals surface area contributed by atoms with Crippen LogP contribution in [-0.2, 0) is 11.5 Å². The Hall–Kier alpha value is -2.06. The molecule has 1 aromatic carbocycles. The molecule has 8 heteroatoms. The van der Waals surface area contributed by atoms with Crippen molar-refractivity contribution in [2.24, 2.45) is 0 Å². The number of carbonyl (C=O) groups excluding carboxylic acids is 1. The van der Waals surface area contributed by atoms with Gasteiger partial charge in [0.25, 0.3) is 0 Å². The summed E-state index contributed by atoms with van der Waals surface area (Å²) in [6.45, 7) is 10.6. The van der Waals surface area contributed by atoms with Gasteiger partial charge in [0.05, 0.1) is 18.9 Å². The molecule has 7 nitrogen and oxygen atoms in total. The molecule has 0 bridgehead atoms. The Morgan fingerprint density at radius 3 is 2.56 bits per heavy atom. The fraction of sp³-hybridized carbons (Fsp3) is 0.529. The SMILES string of the molecule is Cc1ccc(-n2nnn(CN(C)CC(=O)NC(C)(C)C)c2=S)c(C)c1. The Balaban J connectivity index is 2.11. The molecule has 1 aromatic heterocycles. The van der Waals surface area contributed by atoms with Crippen LogP contribution in [0.5, 0.6) is 0 Å². The quantitative estimate of drug-likeness (QED) is 0.826. The second kappa shape index (κ2) is 7.45. The lowest BCUT2D eigenvalue weighted by Gasteiger charge is -2.23. The van der Waals surface area contributed by atoms with Crippen molar-refractivity contribution in [3.05, 3.63) is 34.1 Å². The number of nitrogens with one attached hydrogen (secondary N) is 1. The molecule has 0 radical (unpaired) electrons. The van der Waals surface area contributed by atoms with Gasteiger partial charge in [-0.3, -0.25) is 9.69 Å². The van der Waals surface area contributed by atoms with Crippen molar-refractivity contribution in [1.82, 2.24) is 30.0 Å². The molecular formula is C17H26N6OS. The third-order valence-electron chi connectivity index (χ3n) is 3.52. The van der Waals surface area contributed by atoms with Crippen molar-refractivity contribution in [3.63, 3.8) is 0 Å². The molecule has 0 saturated heterocycles. The summed E-state index contributed by atoms with van der Waals surface area (Å²) in [4.78, 5) is 13.9. The topological polar surface area (TPSA) is 68.0 Å². The number of benzene rings is 1. The first-order valence-corrected chi connectivity index (χ1v) is 8.57. The van der Waals surface area contributed by atoms with Crippen LogP contribution in [0.1, 0.15) is 31.9 Å². The summed E-state index contributed by atoms with van der Waals surface area (Å²) >= 11 is 5.49. The number of tetrazole rings is 1. The van der Waals surface area contributed by atoms with Gasteiger partial charge in [-0.1, -0.05) is 17.7 Å². The van der Waals surface area contributed by atoms with Crippen molar-refractivity contribution in [2.45, 2.75) is 46.8 Å². The van der Waals surface area contributed by atoms with E-state index in [2.05, 4.69) is 21.8 Å². The predicted octanol–water partition coefficient (Wildman–Crippen LogP) is 2.22. The number of likely N-dealkylation sites (N-methyl/N-ethyl adjacent to an activating group) is 1. The summed E-state index contributed by atoms with van der Waals surface area (Å²) in [7, 11) is 1.85. The summed E-state index contributed by atoms with van der Waals surface area (Å²) in [6, 6.07) is 6.09. The minimum Gasteiger partial charge on any atom is -0.350 e. The zero-order valence-electron chi connectivity index (χ0n) is 15.7. The zero-order chi connectivity index (χ0) is 18.8. The summed E-state index contributed by atoms with van der Waals surface area (Å²) in [5.41, 5.74) is 2.93. The molecule has 1 heterocycles. The summed E-state index contributed by atoms with van der Waals surface area (Å²) in [5, 5.41) is 11.2. The van der Waals surface area contributed by atoms with E-state index in [0.717, 1.165) is 11.3 Å². The highest BCUT2D eigenvalue weighted by atomic mass is 32.1. The highest BCUT2D eigenvalue weighted by molar-refractivity contribution is 7.71. The van der Waals surface area contributed by atoms with Gasteiger partial charge < -0.3 is 5.32 Å². The van der Waals surface area contributed by atoms with Crippen LogP contribution in [-0.4, -0.2) is 49.7 Å². The van der Waals surface area contributed by atoms with Crippen molar-refractivity contribution < 1.29 is 4.79 Å². The van der Waals surface area contributed by atoms with E-state index >= 15 is 0 Å². The molecule has 1 N–H and O–H groups in total. The third-order valence-corrected chi connectivity index (χ3v) is 3.91. The molecule has 0 atom stereocenters. The number of aromatic nitrogens is 4. The first-order valence-electron chi connectivity index (χ1n) is 8.17. The van der Waals surface area contributed by atoms with Gasteiger partial charge in [0, 0.05) is 5.54 Å². The standard InChI is InChI=1S/C17H26N6OS/c1-12-7-8-14(13(2)9-12)23-16(25)22(19-20-23)11-21(6)10-15(24)18-17(3,4)5/h7-9H,10-11H2,1-6H3,(H,18,24). The fourth-order valence-electron chi connectivity index (χ4n) is 2.54.